The summed E-state index contributed by atoms with van der Waals surface area (Å²) in [6.45, 7) is 1.03. The summed E-state index contributed by atoms with van der Waals surface area (Å²) >= 11 is 0.506. The SMILES string of the molecule is O=S(=O)(NCCNCc1ccc(CSC(F)F)o1)c1ccccc1. The Morgan fingerprint density at radius 2 is 1.75 bits per heavy atom. The van der Waals surface area contributed by atoms with Crippen LogP contribution in [0.1, 0.15) is 11.5 Å². The standard InChI is InChI=1S/C15H18F2N2O3S2/c16-15(17)23-11-13-7-6-12(22-13)10-18-8-9-19-24(20,21)14-4-2-1-3-5-14/h1-7,15,18-19H,8-11H2. The Balaban J connectivity index is 1.68. The number of furan rings is 1. The van der Waals surface area contributed by atoms with Crippen molar-refractivity contribution in [3.8, 4) is 0 Å². The fraction of sp³-hybridized carbons (Fsp3) is 0.333. The molecule has 0 unspecified atom stereocenters. The number of rotatable bonds is 10. The zero-order valence-corrected chi connectivity index (χ0v) is 14.4. The largest absolute Gasteiger partial charge is 0.464 e. The predicted octanol–water partition coefficient (Wildman–Crippen LogP) is 2.80. The van der Waals surface area contributed by atoms with Gasteiger partial charge in [-0.25, -0.2) is 13.1 Å². The Morgan fingerprint density at radius 3 is 2.46 bits per heavy atom. The molecule has 2 aromatic rings. The van der Waals surface area contributed by atoms with Crippen molar-refractivity contribution in [2.24, 2.45) is 0 Å². The second kappa shape index (κ2) is 9.16. The maximum Gasteiger partial charge on any atom is 0.284 e. The molecule has 1 aromatic heterocycles. The van der Waals surface area contributed by atoms with Crippen LogP contribution in [0.25, 0.3) is 0 Å². The molecule has 0 amide bonds. The van der Waals surface area contributed by atoms with Crippen LogP contribution in [0.5, 0.6) is 0 Å². The molecular formula is C15H18F2N2O3S2. The molecular weight excluding hydrogens is 358 g/mol. The van der Waals surface area contributed by atoms with Gasteiger partial charge in [0.15, 0.2) is 0 Å². The van der Waals surface area contributed by atoms with Crippen LogP contribution in [-0.4, -0.2) is 27.3 Å². The molecule has 0 aliphatic rings. The molecule has 2 rings (SSSR count). The molecule has 0 aliphatic heterocycles. The van der Waals surface area contributed by atoms with Crippen LogP contribution in [0.15, 0.2) is 51.8 Å². The van der Waals surface area contributed by atoms with Gasteiger partial charge < -0.3 is 9.73 Å². The highest BCUT2D eigenvalue weighted by atomic mass is 32.2. The average Bonchev–Trinajstić information content (AvgIpc) is 3.01. The highest BCUT2D eigenvalue weighted by Crippen LogP contribution is 2.21. The number of hydrogen-bond acceptors (Lipinski definition) is 5. The summed E-state index contributed by atoms with van der Waals surface area (Å²) in [7, 11) is -3.50. The summed E-state index contributed by atoms with van der Waals surface area (Å²) in [6.07, 6.45) is 0. The van der Waals surface area contributed by atoms with Crippen LogP contribution in [-0.2, 0) is 22.3 Å². The van der Waals surface area contributed by atoms with Crippen molar-refractivity contribution >= 4 is 21.8 Å². The van der Waals surface area contributed by atoms with Gasteiger partial charge >= 0.3 is 0 Å². The minimum atomic E-state index is -3.50. The fourth-order valence-corrected chi connectivity index (χ4v) is 3.41. The lowest BCUT2D eigenvalue weighted by atomic mass is 10.4. The van der Waals surface area contributed by atoms with E-state index in [-0.39, 0.29) is 17.2 Å². The summed E-state index contributed by atoms with van der Waals surface area (Å²) in [5, 5.41) is 3.03. The number of thioether (sulfide) groups is 1. The maximum atomic E-state index is 12.1. The van der Waals surface area contributed by atoms with Gasteiger partial charge in [-0.3, -0.25) is 0 Å². The van der Waals surface area contributed by atoms with Crippen molar-refractivity contribution in [3.63, 3.8) is 0 Å². The Kier molecular flexibility index (Phi) is 7.22. The molecule has 0 fully saturated rings. The molecule has 0 saturated heterocycles. The minimum absolute atomic E-state index is 0.120. The minimum Gasteiger partial charge on any atom is -0.464 e. The lowest BCUT2D eigenvalue weighted by Gasteiger charge is -2.07. The van der Waals surface area contributed by atoms with Crippen LogP contribution in [0.4, 0.5) is 8.78 Å². The van der Waals surface area contributed by atoms with E-state index in [0.717, 1.165) is 0 Å². The first-order valence-corrected chi connectivity index (χ1v) is 9.73. The van der Waals surface area contributed by atoms with Crippen LogP contribution in [0.2, 0.25) is 0 Å². The van der Waals surface area contributed by atoms with E-state index < -0.39 is 15.8 Å². The van der Waals surface area contributed by atoms with Crippen LogP contribution < -0.4 is 10.0 Å². The van der Waals surface area contributed by atoms with Crippen molar-refractivity contribution in [2.75, 3.05) is 13.1 Å². The average molecular weight is 376 g/mol. The molecule has 0 radical (unpaired) electrons. The maximum absolute atomic E-state index is 12.1. The number of halogens is 2. The summed E-state index contributed by atoms with van der Waals surface area (Å²) in [5.74, 6) is -1.20. The van der Waals surface area contributed by atoms with E-state index in [1.54, 1.807) is 30.3 Å². The monoisotopic (exact) mass is 376 g/mol. The zero-order chi connectivity index (χ0) is 17.4. The molecule has 0 bridgehead atoms. The summed E-state index contributed by atoms with van der Waals surface area (Å²) in [4.78, 5) is 0.220. The van der Waals surface area contributed by atoms with E-state index in [1.165, 1.54) is 12.1 Å². The van der Waals surface area contributed by atoms with Gasteiger partial charge in [-0.2, -0.15) is 8.78 Å². The van der Waals surface area contributed by atoms with E-state index in [2.05, 4.69) is 10.0 Å². The van der Waals surface area contributed by atoms with Crippen molar-refractivity contribution in [3.05, 3.63) is 54.0 Å². The van der Waals surface area contributed by atoms with Crippen molar-refractivity contribution in [2.45, 2.75) is 23.0 Å². The topological polar surface area (TPSA) is 71.3 Å². The number of hydrogen-bond donors (Lipinski definition) is 2. The van der Waals surface area contributed by atoms with Gasteiger partial charge in [0, 0.05) is 13.1 Å². The van der Waals surface area contributed by atoms with Gasteiger partial charge in [-0.1, -0.05) is 30.0 Å². The molecule has 0 spiro atoms. The van der Waals surface area contributed by atoms with Gasteiger partial charge in [-0.15, -0.1) is 0 Å². The predicted molar refractivity (Wildman–Crippen MR) is 89.3 cm³/mol. The molecule has 0 saturated carbocycles. The summed E-state index contributed by atoms with van der Waals surface area (Å²) in [5.41, 5.74) is 0. The fourth-order valence-electron chi connectivity index (χ4n) is 1.91. The number of nitrogens with one attached hydrogen (secondary N) is 2. The van der Waals surface area contributed by atoms with E-state index >= 15 is 0 Å². The first kappa shape index (κ1) is 18.9. The molecule has 5 nitrogen and oxygen atoms in total. The van der Waals surface area contributed by atoms with E-state index in [9.17, 15) is 17.2 Å². The molecule has 0 atom stereocenters. The number of alkyl halides is 2. The molecule has 24 heavy (non-hydrogen) atoms. The van der Waals surface area contributed by atoms with E-state index in [1.807, 2.05) is 0 Å². The van der Waals surface area contributed by atoms with Crippen LogP contribution in [0, 0.1) is 0 Å². The van der Waals surface area contributed by atoms with Gasteiger partial charge in [0.25, 0.3) is 5.76 Å². The molecule has 9 heteroatoms. The third kappa shape index (κ3) is 6.23. The first-order chi connectivity index (χ1) is 11.5. The normalized spacial score (nSPS) is 12.0. The van der Waals surface area contributed by atoms with Crippen LogP contribution in [0.3, 0.4) is 0 Å². The molecule has 1 aromatic carbocycles. The second-order valence-corrected chi connectivity index (χ2v) is 7.57. The Labute approximate surface area is 143 Å². The smallest absolute Gasteiger partial charge is 0.284 e. The summed E-state index contributed by atoms with van der Waals surface area (Å²) in [6, 6.07) is 11.5. The third-order valence-electron chi connectivity index (χ3n) is 3.02. The van der Waals surface area contributed by atoms with E-state index in [0.29, 0.717) is 36.4 Å². The highest BCUT2D eigenvalue weighted by Gasteiger charge is 2.12. The molecule has 2 N–H and O–H groups in total. The summed E-state index contributed by atoms with van der Waals surface area (Å²) < 4.78 is 56.0. The van der Waals surface area contributed by atoms with Crippen LogP contribution >= 0.6 is 11.8 Å². The molecule has 1 heterocycles. The Hall–Kier alpha value is -1.42. The Morgan fingerprint density at radius 1 is 1.04 bits per heavy atom. The lowest BCUT2D eigenvalue weighted by Crippen LogP contribution is -2.31. The molecule has 0 aliphatic carbocycles. The number of benzene rings is 1. The third-order valence-corrected chi connectivity index (χ3v) is 5.20. The van der Waals surface area contributed by atoms with Gasteiger partial charge in [0.2, 0.25) is 10.0 Å². The van der Waals surface area contributed by atoms with Gasteiger partial charge in [0.05, 0.1) is 17.2 Å². The van der Waals surface area contributed by atoms with Crippen molar-refractivity contribution < 1.29 is 21.6 Å². The van der Waals surface area contributed by atoms with Crippen molar-refractivity contribution in [1.29, 1.82) is 0 Å². The van der Waals surface area contributed by atoms with Crippen molar-refractivity contribution in [1.82, 2.24) is 10.0 Å². The Bertz CT molecular complexity index is 721. The second-order valence-electron chi connectivity index (χ2n) is 4.83. The zero-order valence-electron chi connectivity index (χ0n) is 12.7. The van der Waals surface area contributed by atoms with Gasteiger partial charge in [0.1, 0.15) is 11.5 Å². The van der Waals surface area contributed by atoms with E-state index in [4.69, 9.17) is 4.42 Å². The number of sulfonamides is 1. The van der Waals surface area contributed by atoms with Gasteiger partial charge in [-0.05, 0) is 24.3 Å². The quantitative estimate of drug-likeness (QED) is 0.624. The lowest BCUT2D eigenvalue weighted by molar-refractivity contribution is 0.251. The highest BCUT2D eigenvalue weighted by molar-refractivity contribution is 7.98. The molecule has 132 valence electrons. The first-order valence-electron chi connectivity index (χ1n) is 7.20.